The van der Waals surface area contributed by atoms with Gasteiger partial charge < -0.3 is 19.3 Å². The number of hydrogen-bond acceptors (Lipinski definition) is 9. The fraction of sp³-hybridized carbons (Fsp3) is 0.636. The normalized spacial score (nSPS) is 13.9. The summed E-state index contributed by atoms with van der Waals surface area (Å²) in [6.45, 7) is 8.52. The highest BCUT2D eigenvalue weighted by atomic mass is 16.5. The van der Waals surface area contributed by atoms with Gasteiger partial charge in [0, 0.05) is 56.7 Å². The summed E-state index contributed by atoms with van der Waals surface area (Å²) < 4.78 is 11.7. The smallest absolute Gasteiger partial charge is 0.306 e. The Morgan fingerprint density at radius 1 is 0.970 bits per heavy atom. The Hall–Kier alpha value is -3.24. The maximum Gasteiger partial charge on any atom is 0.306 e. The third-order valence-electron chi connectivity index (χ3n) is 5.60. The van der Waals surface area contributed by atoms with E-state index in [0.717, 1.165) is 17.1 Å². The minimum Gasteiger partial charge on any atom is -0.466 e. The molecule has 1 aliphatic heterocycles. The molecule has 3 rings (SSSR count). The third-order valence-corrected chi connectivity index (χ3v) is 5.60. The predicted molar refractivity (Wildman–Crippen MR) is 120 cm³/mol. The SMILES string of the molecule is CCOC(=O)CCCC(=O)N1CCN(c2c(CCC(=O)OCC)c(C)nc3ncnn23)CC1. The molecule has 0 aliphatic carbocycles. The van der Waals surface area contributed by atoms with Crippen molar-refractivity contribution in [2.45, 2.75) is 52.9 Å². The van der Waals surface area contributed by atoms with E-state index >= 15 is 0 Å². The number of esters is 2. The number of nitrogens with zero attached hydrogens (tertiary/aromatic N) is 6. The summed E-state index contributed by atoms with van der Waals surface area (Å²) in [6, 6.07) is 0. The summed E-state index contributed by atoms with van der Waals surface area (Å²) in [5, 5.41) is 4.35. The van der Waals surface area contributed by atoms with E-state index in [4.69, 9.17) is 9.47 Å². The second-order valence-corrected chi connectivity index (χ2v) is 7.80. The lowest BCUT2D eigenvalue weighted by molar-refractivity contribution is -0.144. The van der Waals surface area contributed by atoms with E-state index in [9.17, 15) is 14.4 Å². The molecule has 1 fully saturated rings. The number of amides is 1. The molecule has 0 radical (unpaired) electrons. The van der Waals surface area contributed by atoms with Crippen LogP contribution < -0.4 is 4.90 Å². The number of ether oxygens (including phenoxy) is 2. The van der Waals surface area contributed by atoms with Crippen molar-refractivity contribution < 1.29 is 23.9 Å². The standard InChI is InChI=1S/C22H32N6O5/c1-4-32-19(30)8-6-7-18(29)26-11-13-27(14-12-26)21-17(9-10-20(31)33-5-2)16(3)25-22-23-15-24-28(21)22/h15H,4-14H2,1-3H3. The van der Waals surface area contributed by atoms with Gasteiger partial charge in [-0.25, -0.2) is 4.98 Å². The minimum absolute atomic E-state index is 0.0401. The van der Waals surface area contributed by atoms with Crippen LogP contribution in [0.25, 0.3) is 5.78 Å². The quantitative estimate of drug-likeness (QED) is 0.483. The van der Waals surface area contributed by atoms with Crippen LogP contribution in [-0.4, -0.2) is 81.7 Å². The molecule has 1 saturated heterocycles. The molecule has 11 heteroatoms. The summed E-state index contributed by atoms with van der Waals surface area (Å²) in [5.74, 6) is 0.877. The molecule has 1 amide bonds. The highest BCUT2D eigenvalue weighted by molar-refractivity contribution is 5.77. The molecule has 33 heavy (non-hydrogen) atoms. The van der Waals surface area contributed by atoms with E-state index in [1.165, 1.54) is 6.33 Å². The number of anilines is 1. The van der Waals surface area contributed by atoms with Crippen LogP contribution in [0.1, 0.15) is 50.8 Å². The second-order valence-electron chi connectivity index (χ2n) is 7.80. The molecule has 0 N–H and O–H groups in total. The van der Waals surface area contributed by atoms with Gasteiger partial charge in [-0.1, -0.05) is 0 Å². The second kappa shape index (κ2) is 11.6. The fourth-order valence-electron chi connectivity index (χ4n) is 3.99. The lowest BCUT2D eigenvalue weighted by atomic mass is 10.1. The fourth-order valence-corrected chi connectivity index (χ4v) is 3.99. The van der Waals surface area contributed by atoms with Crippen LogP contribution in [0.2, 0.25) is 0 Å². The number of fused-ring (bicyclic) bond motifs is 1. The Morgan fingerprint density at radius 2 is 1.64 bits per heavy atom. The zero-order valence-electron chi connectivity index (χ0n) is 19.6. The maximum atomic E-state index is 12.6. The first kappa shape index (κ1) is 24.4. The van der Waals surface area contributed by atoms with Gasteiger partial charge in [0.05, 0.1) is 13.2 Å². The van der Waals surface area contributed by atoms with Gasteiger partial charge in [0.1, 0.15) is 12.1 Å². The molecule has 0 aromatic carbocycles. The Bertz CT molecular complexity index is 983. The van der Waals surface area contributed by atoms with Crippen LogP contribution in [-0.2, 0) is 30.3 Å². The minimum atomic E-state index is -0.268. The van der Waals surface area contributed by atoms with Crippen LogP contribution in [0, 0.1) is 6.92 Å². The van der Waals surface area contributed by atoms with E-state index < -0.39 is 0 Å². The molecule has 2 aromatic rings. The van der Waals surface area contributed by atoms with Gasteiger partial charge in [-0.2, -0.15) is 14.6 Å². The number of piperazine rings is 1. The van der Waals surface area contributed by atoms with E-state index in [1.54, 1.807) is 18.4 Å². The van der Waals surface area contributed by atoms with Crippen molar-refractivity contribution in [2.75, 3.05) is 44.3 Å². The number of carbonyl (C=O) groups excluding carboxylic acids is 3. The molecule has 0 bridgehead atoms. The predicted octanol–water partition coefficient (Wildman–Crippen LogP) is 1.31. The van der Waals surface area contributed by atoms with Gasteiger partial charge in [0.2, 0.25) is 5.91 Å². The summed E-state index contributed by atoms with van der Waals surface area (Å²) in [7, 11) is 0. The van der Waals surface area contributed by atoms with Crippen molar-refractivity contribution in [3.05, 3.63) is 17.6 Å². The van der Waals surface area contributed by atoms with Gasteiger partial charge in [0.25, 0.3) is 5.78 Å². The van der Waals surface area contributed by atoms with Gasteiger partial charge in [-0.3, -0.25) is 14.4 Å². The number of carbonyl (C=O) groups is 3. The molecule has 3 heterocycles. The largest absolute Gasteiger partial charge is 0.466 e. The number of aryl methyl sites for hydroxylation is 1. The lowest BCUT2D eigenvalue weighted by Crippen LogP contribution is -2.49. The molecule has 11 nitrogen and oxygen atoms in total. The van der Waals surface area contributed by atoms with E-state index in [0.29, 0.717) is 64.4 Å². The average Bonchev–Trinajstić information content (AvgIpc) is 3.25. The van der Waals surface area contributed by atoms with Crippen LogP contribution >= 0.6 is 0 Å². The number of hydrogen-bond donors (Lipinski definition) is 0. The first-order valence-corrected chi connectivity index (χ1v) is 11.5. The summed E-state index contributed by atoms with van der Waals surface area (Å²) in [5.41, 5.74) is 1.72. The first-order valence-electron chi connectivity index (χ1n) is 11.5. The molecule has 1 aliphatic rings. The van der Waals surface area contributed by atoms with E-state index in [2.05, 4.69) is 20.0 Å². The summed E-state index contributed by atoms with van der Waals surface area (Å²) >= 11 is 0. The average molecular weight is 461 g/mol. The van der Waals surface area contributed by atoms with Crippen molar-refractivity contribution in [1.82, 2.24) is 24.5 Å². The van der Waals surface area contributed by atoms with Gasteiger partial charge >= 0.3 is 11.9 Å². The Morgan fingerprint density at radius 3 is 2.30 bits per heavy atom. The summed E-state index contributed by atoms with van der Waals surface area (Å²) in [6.07, 6.45) is 3.26. The lowest BCUT2D eigenvalue weighted by Gasteiger charge is -2.37. The molecule has 0 saturated carbocycles. The highest BCUT2D eigenvalue weighted by Gasteiger charge is 2.26. The van der Waals surface area contributed by atoms with Gasteiger partial charge in [-0.05, 0) is 33.6 Å². The molecular formula is C22H32N6O5. The highest BCUT2D eigenvalue weighted by Crippen LogP contribution is 2.26. The molecular weight excluding hydrogens is 428 g/mol. The molecule has 2 aromatic heterocycles. The van der Waals surface area contributed by atoms with Gasteiger partial charge in [-0.15, -0.1) is 0 Å². The van der Waals surface area contributed by atoms with Crippen molar-refractivity contribution in [3.63, 3.8) is 0 Å². The topological polar surface area (TPSA) is 119 Å². The Kier molecular flexibility index (Phi) is 8.56. The molecule has 0 spiro atoms. The van der Waals surface area contributed by atoms with Crippen LogP contribution in [0.4, 0.5) is 5.82 Å². The third kappa shape index (κ3) is 6.17. The van der Waals surface area contributed by atoms with Crippen LogP contribution in [0.5, 0.6) is 0 Å². The maximum absolute atomic E-state index is 12.6. The summed E-state index contributed by atoms with van der Waals surface area (Å²) in [4.78, 5) is 48.7. The van der Waals surface area contributed by atoms with E-state index in [-0.39, 0.29) is 30.7 Å². The monoisotopic (exact) mass is 460 g/mol. The van der Waals surface area contributed by atoms with Crippen molar-refractivity contribution in [2.24, 2.45) is 0 Å². The Balaban J connectivity index is 1.67. The first-order chi connectivity index (χ1) is 15.9. The van der Waals surface area contributed by atoms with Crippen LogP contribution in [0.3, 0.4) is 0 Å². The molecule has 0 unspecified atom stereocenters. The molecule has 0 atom stereocenters. The zero-order valence-corrected chi connectivity index (χ0v) is 19.6. The van der Waals surface area contributed by atoms with Crippen molar-refractivity contribution in [1.29, 1.82) is 0 Å². The van der Waals surface area contributed by atoms with Crippen molar-refractivity contribution >= 4 is 29.4 Å². The van der Waals surface area contributed by atoms with E-state index in [1.807, 2.05) is 11.8 Å². The number of rotatable bonds is 10. The van der Waals surface area contributed by atoms with Crippen LogP contribution in [0.15, 0.2) is 6.33 Å². The molecule has 180 valence electrons. The zero-order chi connectivity index (χ0) is 23.8. The van der Waals surface area contributed by atoms with Gasteiger partial charge in [0.15, 0.2) is 0 Å². The van der Waals surface area contributed by atoms with Crippen molar-refractivity contribution in [3.8, 4) is 0 Å². The Labute approximate surface area is 193 Å². The number of aromatic nitrogens is 4.